The van der Waals surface area contributed by atoms with Gasteiger partial charge in [0.2, 0.25) is 0 Å². The molecule has 0 radical (unpaired) electrons. The van der Waals surface area contributed by atoms with E-state index in [1.54, 1.807) is 11.0 Å². The third-order valence-corrected chi connectivity index (χ3v) is 6.48. The van der Waals surface area contributed by atoms with Gasteiger partial charge in [0.15, 0.2) is 5.78 Å². The second-order valence-electron chi connectivity index (χ2n) is 8.59. The maximum Gasteiger partial charge on any atom is 0.417 e. The summed E-state index contributed by atoms with van der Waals surface area (Å²) in [5.41, 5.74) is -0.778. The van der Waals surface area contributed by atoms with E-state index < -0.39 is 35.1 Å². The third kappa shape index (κ3) is 4.87. The summed E-state index contributed by atoms with van der Waals surface area (Å²) in [5, 5.41) is 8.96. The number of fused-ring (bicyclic) bond motifs is 2. The molecule has 33 heavy (non-hydrogen) atoms. The SMILES string of the molecule is N#Cc1ccc(C(=O)C2CC3CCCC(C2)N3C(=O)OCc2ccccc2)c(C(F)(F)F)c1. The van der Waals surface area contributed by atoms with Crippen LogP contribution in [0.4, 0.5) is 18.0 Å². The van der Waals surface area contributed by atoms with Crippen molar-refractivity contribution in [1.82, 2.24) is 4.90 Å². The number of ether oxygens (including phenoxy) is 1. The van der Waals surface area contributed by atoms with Crippen molar-refractivity contribution >= 4 is 11.9 Å². The molecule has 2 fully saturated rings. The molecule has 2 aromatic carbocycles. The van der Waals surface area contributed by atoms with E-state index in [-0.39, 0.29) is 24.3 Å². The minimum Gasteiger partial charge on any atom is -0.445 e. The van der Waals surface area contributed by atoms with Crippen LogP contribution < -0.4 is 0 Å². The Morgan fingerprint density at radius 3 is 2.33 bits per heavy atom. The molecule has 1 amide bonds. The quantitative estimate of drug-likeness (QED) is 0.551. The Kier molecular flexibility index (Phi) is 6.41. The predicted octanol–water partition coefficient (Wildman–Crippen LogP) is 5.73. The van der Waals surface area contributed by atoms with Gasteiger partial charge < -0.3 is 9.64 Å². The van der Waals surface area contributed by atoms with Crippen LogP contribution in [0.1, 0.15) is 59.2 Å². The average Bonchev–Trinajstić information content (AvgIpc) is 2.81. The van der Waals surface area contributed by atoms with Gasteiger partial charge in [0, 0.05) is 23.6 Å². The molecule has 2 aliphatic rings. The van der Waals surface area contributed by atoms with Crippen molar-refractivity contribution in [2.45, 2.75) is 57.0 Å². The Morgan fingerprint density at radius 2 is 1.73 bits per heavy atom. The molecule has 2 unspecified atom stereocenters. The van der Waals surface area contributed by atoms with Gasteiger partial charge in [0.25, 0.3) is 0 Å². The summed E-state index contributed by atoms with van der Waals surface area (Å²) >= 11 is 0. The van der Waals surface area contributed by atoms with Crippen LogP contribution in [-0.2, 0) is 17.5 Å². The number of halogens is 3. The van der Waals surface area contributed by atoms with Crippen molar-refractivity contribution in [3.8, 4) is 6.07 Å². The van der Waals surface area contributed by atoms with E-state index in [0.29, 0.717) is 25.7 Å². The summed E-state index contributed by atoms with van der Waals surface area (Å²) in [5.74, 6) is -1.20. The molecule has 2 bridgehead atoms. The first kappa shape index (κ1) is 22.8. The number of hydrogen-bond donors (Lipinski definition) is 0. The van der Waals surface area contributed by atoms with Gasteiger partial charge in [-0.25, -0.2) is 4.79 Å². The molecule has 2 atom stereocenters. The van der Waals surface area contributed by atoms with Gasteiger partial charge in [0.05, 0.1) is 17.2 Å². The number of amides is 1. The van der Waals surface area contributed by atoms with Crippen molar-refractivity contribution < 1.29 is 27.5 Å². The van der Waals surface area contributed by atoms with Gasteiger partial charge >= 0.3 is 12.3 Å². The number of Topliss-reactive ketones (excluding diaryl/α,β-unsaturated/α-hetero) is 1. The monoisotopic (exact) mass is 456 g/mol. The van der Waals surface area contributed by atoms with Crippen molar-refractivity contribution in [1.29, 1.82) is 5.26 Å². The van der Waals surface area contributed by atoms with Crippen LogP contribution in [0, 0.1) is 17.2 Å². The fourth-order valence-corrected chi connectivity index (χ4v) is 4.97. The van der Waals surface area contributed by atoms with Gasteiger partial charge in [-0.05, 0) is 55.9 Å². The first-order valence-electron chi connectivity index (χ1n) is 10.9. The van der Waals surface area contributed by atoms with E-state index in [0.717, 1.165) is 24.1 Å². The summed E-state index contributed by atoms with van der Waals surface area (Å²) in [6.07, 6.45) is -2.34. The maximum atomic E-state index is 13.6. The van der Waals surface area contributed by atoms with Crippen LogP contribution in [-0.4, -0.2) is 28.9 Å². The fraction of sp³-hybridized carbons (Fsp3) is 0.400. The summed E-state index contributed by atoms with van der Waals surface area (Å²) in [7, 11) is 0. The van der Waals surface area contributed by atoms with Crippen molar-refractivity contribution in [3.05, 3.63) is 70.8 Å². The van der Waals surface area contributed by atoms with E-state index in [2.05, 4.69) is 0 Å². The Balaban J connectivity index is 1.50. The number of ketones is 1. The maximum absolute atomic E-state index is 13.6. The molecular formula is C25H23F3N2O3. The number of hydrogen-bond acceptors (Lipinski definition) is 4. The Labute approximate surface area is 189 Å². The normalized spacial score (nSPS) is 22.4. The van der Waals surface area contributed by atoms with E-state index >= 15 is 0 Å². The van der Waals surface area contributed by atoms with Crippen LogP contribution in [0.25, 0.3) is 0 Å². The number of carbonyl (C=O) groups is 2. The highest BCUT2D eigenvalue weighted by molar-refractivity contribution is 5.99. The van der Waals surface area contributed by atoms with Crippen LogP contribution in [0.5, 0.6) is 0 Å². The van der Waals surface area contributed by atoms with Gasteiger partial charge in [0.1, 0.15) is 6.61 Å². The summed E-state index contributed by atoms with van der Waals surface area (Å²) in [6.45, 7) is 0.137. The van der Waals surface area contributed by atoms with Crippen molar-refractivity contribution in [3.63, 3.8) is 0 Å². The molecule has 5 nitrogen and oxygen atoms in total. The van der Waals surface area contributed by atoms with Crippen LogP contribution in [0.2, 0.25) is 0 Å². The van der Waals surface area contributed by atoms with Crippen molar-refractivity contribution in [2.75, 3.05) is 0 Å². The highest BCUT2D eigenvalue weighted by Crippen LogP contribution is 2.41. The minimum atomic E-state index is -4.74. The lowest BCUT2D eigenvalue weighted by atomic mass is 9.75. The second-order valence-corrected chi connectivity index (χ2v) is 8.59. The molecule has 172 valence electrons. The highest BCUT2D eigenvalue weighted by Gasteiger charge is 2.45. The lowest BCUT2D eigenvalue weighted by Gasteiger charge is -2.47. The number of nitriles is 1. The molecule has 4 rings (SSSR count). The zero-order chi connectivity index (χ0) is 23.6. The number of piperidine rings is 2. The zero-order valence-corrected chi connectivity index (χ0v) is 17.8. The first-order valence-corrected chi connectivity index (χ1v) is 10.9. The lowest BCUT2D eigenvalue weighted by molar-refractivity contribution is -0.138. The molecule has 0 N–H and O–H groups in total. The number of alkyl halides is 3. The van der Waals surface area contributed by atoms with Gasteiger partial charge in [-0.1, -0.05) is 30.3 Å². The summed E-state index contributed by atoms with van der Waals surface area (Å²) < 4.78 is 46.2. The molecule has 0 saturated carbocycles. The Bertz CT molecular complexity index is 1060. The molecule has 2 aromatic rings. The van der Waals surface area contributed by atoms with Crippen LogP contribution in [0.15, 0.2) is 48.5 Å². The van der Waals surface area contributed by atoms with Gasteiger partial charge in [-0.15, -0.1) is 0 Å². The zero-order valence-electron chi connectivity index (χ0n) is 17.8. The highest BCUT2D eigenvalue weighted by atomic mass is 19.4. The molecule has 0 aliphatic carbocycles. The van der Waals surface area contributed by atoms with E-state index in [9.17, 15) is 22.8 Å². The number of carbonyl (C=O) groups excluding carboxylic acids is 2. The fourth-order valence-electron chi connectivity index (χ4n) is 4.97. The average molecular weight is 456 g/mol. The largest absolute Gasteiger partial charge is 0.445 e. The molecule has 8 heteroatoms. The first-order chi connectivity index (χ1) is 15.8. The standard InChI is InChI=1S/C25H23F3N2O3/c26-25(27,28)22-11-17(14-29)9-10-21(22)23(31)18-12-19-7-4-8-20(13-18)30(19)24(32)33-15-16-5-2-1-3-6-16/h1-3,5-6,9-11,18-20H,4,7-8,12-13,15H2. The summed E-state index contributed by atoms with van der Waals surface area (Å²) in [6, 6.07) is 13.5. The summed E-state index contributed by atoms with van der Waals surface area (Å²) in [4.78, 5) is 27.7. The molecule has 2 heterocycles. The molecule has 2 aliphatic heterocycles. The number of rotatable bonds is 4. The molecule has 0 spiro atoms. The van der Waals surface area contributed by atoms with Crippen LogP contribution in [0.3, 0.4) is 0 Å². The Hall–Kier alpha value is -3.34. The second kappa shape index (κ2) is 9.26. The number of benzene rings is 2. The van der Waals surface area contributed by atoms with Crippen LogP contribution >= 0.6 is 0 Å². The van der Waals surface area contributed by atoms with Gasteiger partial charge in [-0.3, -0.25) is 4.79 Å². The lowest BCUT2D eigenvalue weighted by Crippen LogP contribution is -2.55. The topological polar surface area (TPSA) is 70.4 Å². The third-order valence-electron chi connectivity index (χ3n) is 6.48. The molecule has 0 aromatic heterocycles. The minimum absolute atomic E-state index is 0.137. The number of nitrogens with zero attached hydrogens (tertiary/aromatic N) is 2. The molecule has 2 saturated heterocycles. The van der Waals surface area contributed by atoms with E-state index in [1.807, 2.05) is 30.3 Å². The molecular weight excluding hydrogens is 433 g/mol. The van der Waals surface area contributed by atoms with E-state index in [4.69, 9.17) is 10.00 Å². The predicted molar refractivity (Wildman–Crippen MR) is 113 cm³/mol. The van der Waals surface area contributed by atoms with E-state index in [1.165, 1.54) is 6.07 Å². The van der Waals surface area contributed by atoms with Gasteiger partial charge in [-0.2, -0.15) is 18.4 Å². The Morgan fingerprint density at radius 1 is 1.06 bits per heavy atom. The smallest absolute Gasteiger partial charge is 0.417 e. The van der Waals surface area contributed by atoms with Crippen molar-refractivity contribution in [2.24, 2.45) is 5.92 Å².